The number of benzene rings is 1. The van der Waals surface area contributed by atoms with E-state index in [1.807, 2.05) is 0 Å². The zero-order valence-electron chi connectivity index (χ0n) is 8.98. The van der Waals surface area contributed by atoms with E-state index in [9.17, 15) is 21.6 Å². The molecular weight excluding hydrogens is 291 g/mol. The molecule has 0 N–H and O–H groups in total. The number of hydrogen-bond donors (Lipinski definition) is 0. The van der Waals surface area contributed by atoms with Crippen LogP contribution in [0.1, 0.15) is 0 Å². The Hall–Kier alpha value is -1.21. The number of anilines is 1. The van der Waals surface area contributed by atoms with Crippen LogP contribution >= 0.6 is 11.6 Å². The van der Waals surface area contributed by atoms with Gasteiger partial charge in [-0.05, 0) is 24.3 Å². The number of alkyl halides is 3. The van der Waals surface area contributed by atoms with Crippen molar-refractivity contribution in [3.05, 3.63) is 41.3 Å². The maximum absolute atomic E-state index is 12.4. The molecule has 18 heavy (non-hydrogen) atoms. The fourth-order valence-electron chi connectivity index (χ4n) is 1.19. The summed E-state index contributed by atoms with van der Waals surface area (Å²) in [5, 5.41) is 0.759. The van der Waals surface area contributed by atoms with E-state index in [1.165, 1.54) is 24.3 Å². The molecule has 0 spiro atoms. The highest BCUT2D eigenvalue weighted by atomic mass is 35.5. The SMILES string of the molecule is C=CS(=O)(=O)N(CC(F)(F)F)c1ccc(Cl)cc1. The Morgan fingerprint density at radius 1 is 1.28 bits per heavy atom. The predicted molar refractivity (Wildman–Crippen MR) is 64.0 cm³/mol. The van der Waals surface area contributed by atoms with Gasteiger partial charge in [0.15, 0.2) is 0 Å². The van der Waals surface area contributed by atoms with Crippen LogP contribution < -0.4 is 4.31 Å². The summed E-state index contributed by atoms with van der Waals surface area (Å²) >= 11 is 5.59. The van der Waals surface area contributed by atoms with Crippen molar-refractivity contribution in [2.75, 3.05) is 10.8 Å². The van der Waals surface area contributed by atoms with Gasteiger partial charge in [0.2, 0.25) is 0 Å². The molecule has 0 aliphatic heterocycles. The lowest BCUT2D eigenvalue weighted by Gasteiger charge is -2.23. The van der Waals surface area contributed by atoms with Crippen LogP contribution in [0.2, 0.25) is 5.02 Å². The van der Waals surface area contributed by atoms with Gasteiger partial charge in [0.1, 0.15) is 6.54 Å². The maximum Gasteiger partial charge on any atom is 0.407 e. The van der Waals surface area contributed by atoms with Gasteiger partial charge in [0.25, 0.3) is 10.0 Å². The summed E-state index contributed by atoms with van der Waals surface area (Å²) in [4.78, 5) is 0. The van der Waals surface area contributed by atoms with E-state index >= 15 is 0 Å². The molecule has 0 fully saturated rings. The van der Waals surface area contributed by atoms with Crippen molar-refractivity contribution in [2.45, 2.75) is 6.18 Å². The molecule has 1 aromatic rings. The molecular formula is C10H9ClF3NO2S. The highest BCUT2D eigenvalue weighted by molar-refractivity contribution is 7.95. The first kappa shape index (κ1) is 14.8. The topological polar surface area (TPSA) is 37.4 Å². The standard InChI is InChI=1S/C10H9ClF3NO2S/c1-2-18(16,17)15(7-10(12,13)14)9-5-3-8(11)4-6-9/h2-6H,1,7H2. The maximum atomic E-state index is 12.4. The Kier molecular flexibility index (Phi) is 4.28. The van der Waals surface area contributed by atoms with Crippen molar-refractivity contribution < 1.29 is 21.6 Å². The molecule has 100 valence electrons. The summed E-state index contributed by atoms with van der Waals surface area (Å²) < 4.78 is 60.4. The summed E-state index contributed by atoms with van der Waals surface area (Å²) in [6.07, 6.45) is -4.66. The molecule has 1 rings (SSSR count). The van der Waals surface area contributed by atoms with E-state index in [0.29, 0.717) is 10.4 Å². The molecule has 3 nitrogen and oxygen atoms in total. The van der Waals surface area contributed by atoms with E-state index in [1.54, 1.807) is 0 Å². The van der Waals surface area contributed by atoms with Crippen molar-refractivity contribution in [3.8, 4) is 0 Å². The molecule has 0 saturated heterocycles. The third-order valence-electron chi connectivity index (χ3n) is 1.96. The van der Waals surface area contributed by atoms with Gasteiger partial charge >= 0.3 is 6.18 Å². The van der Waals surface area contributed by atoms with Crippen molar-refractivity contribution in [1.82, 2.24) is 0 Å². The fourth-order valence-corrected chi connectivity index (χ4v) is 2.24. The summed E-state index contributed by atoms with van der Waals surface area (Å²) in [7, 11) is -4.23. The van der Waals surface area contributed by atoms with E-state index in [4.69, 9.17) is 11.6 Å². The van der Waals surface area contributed by atoms with Crippen LogP contribution in [-0.4, -0.2) is 21.1 Å². The van der Waals surface area contributed by atoms with E-state index < -0.39 is 22.7 Å². The van der Waals surface area contributed by atoms with Crippen LogP contribution in [0.4, 0.5) is 18.9 Å². The number of nitrogens with zero attached hydrogens (tertiary/aromatic N) is 1. The average molecular weight is 300 g/mol. The second-order valence-corrected chi connectivity index (χ2v) is 5.55. The molecule has 0 bridgehead atoms. The number of rotatable bonds is 4. The second kappa shape index (κ2) is 5.19. The first-order chi connectivity index (χ1) is 8.15. The molecule has 0 aromatic heterocycles. The van der Waals surface area contributed by atoms with Gasteiger partial charge in [-0.15, -0.1) is 0 Å². The van der Waals surface area contributed by atoms with Gasteiger partial charge < -0.3 is 0 Å². The zero-order valence-corrected chi connectivity index (χ0v) is 10.6. The minimum absolute atomic E-state index is 0.128. The molecule has 0 aliphatic carbocycles. The number of halogens is 4. The predicted octanol–water partition coefficient (Wildman–Crippen LogP) is 3.18. The summed E-state index contributed by atoms with van der Waals surface area (Å²) in [6.45, 7) is 1.38. The smallest absolute Gasteiger partial charge is 0.258 e. The molecule has 8 heteroatoms. The Bertz CT molecular complexity index is 525. The third kappa shape index (κ3) is 3.92. The Labute approximate surface area is 108 Å². The van der Waals surface area contributed by atoms with E-state index in [-0.39, 0.29) is 9.99 Å². The molecule has 0 aliphatic rings. The van der Waals surface area contributed by atoms with Gasteiger partial charge in [0.05, 0.1) is 5.69 Å². The zero-order chi connectivity index (χ0) is 14.0. The van der Waals surface area contributed by atoms with Crippen LogP contribution in [0.15, 0.2) is 36.3 Å². The van der Waals surface area contributed by atoms with Gasteiger partial charge in [-0.25, -0.2) is 8.42 Å². The van der Waals surface area contributed by atoms with Gasteiger partial charge in [-0.2, -0.15) is 13.2 Å². The largest absolute Gasteiger partial charge is 0.407 e. The van der Waals surface area contributed by atoms with Gasteiger partial charge in [-0.3, -0.25) is 4.31 Å². The van der Waals surface area contributed by atoms with E-state index in [2.05, 4.69) is 6.58 Å². The monoisotopic (exact) mass is 299 g/mol. The summed E-state index contributed by atoms with van der Waals surface area (Å²) in [5.41, 5.74) is -0.128. The highest BCUT2D eigenvalue weighted by Gasteiger charge is 2.35. The average Bonchev–Trinajstić information content (AvgIpc) is 2.26. The van der Waals surface area contributed by atoms with Crippen LogP contribution in [0, 0.1) is 0 Å². The van der Waals surface area contributed by atoms with Crippen LogP contribution in [0.5, 0.6) is 0 Å². The lowest BCUT2D eigenvalue weighted by molar-refractivity contribution is -0.117. The quantitative estimate of drug-likeness (QED) is 0.856. The van der Waals surface area contributed by atoms with Crippen molar-refractivity contribution in [2.24, 2.45) is 0 Å². The molecule has 0 saturated carbocycles. The second-order valence-electron chi connectivity index (χ2n) is 3.31. The van der Waals surface area contributed by atoms with Gasteiger partial charge in [0, 0.05) is 10.4 Å². The number of hydrogen-bond acceptors (Lipinski definition) is 2. The lowest BCUT2D eigenvalue weighted by Crippen LogP contribution is -2.37. The normalized spacial score (nSPS) is 12.2. The summed E-state index contributed by atoms with van der Waals surface area (Å²) in [6, 6.07) is 4.99. The third-order valence-corrected chi connectivity index (χ3v) is 3.58. The number of sulfonamides is 1. The molecule has 0 amide bonds. The fraction of sp³-hybridized carbons (Fsp3) is 0.200. The lowest BCUT2D eigenvalue weighted by atomic mass is 10.3. The minimum Gasteiger partial charge on any atom is -0.258 e. The van der Waals surface area contributed by atoms with Crippen molar-refractivity contribution >= 4 is 27.3 Å². The van der Waals surface area contributed by atoms with Gasteiger partial charge in [-0.1, -0.05) is 18.2 Å². The first-order valence-corrected chi connectivity index (χ1v) is 6.51. The van der Waals surface area contributed by atoms with Crippen molar-refractivity contribution in [3.63, 3.8) is 0 Å². The Morgan fingerprint density at radius 2 is 1.78 bits per heavy atom. The van der Waals surface area contributed by atoms with Crippen LogP contribution in [0.3, 0.4) is 0 Å². The Morgan fingerprint density at radius 3 is 2.17 bits per heavy atom. The van der Waals surface area contributed by atoms with E-state index in [0.717, 1.165) is 0 Å². The first-order valence-electron chi connectivity index (χ1n) is 4.63. The summed E-state index contributed by atoms with van der Waals surface area (Å²) in [5.74, 6) is 0. The van der Waals surface area contributed by atoms with Crippen LogP contribution in [0.25, 0.3) is 0 Å². The molecule has 0 unspecified atom stereocenters. The Balaban J connectivity index is 3.21. The molecule has 0 atom stereocenters. The molecule has 0 heterocycles. The minimum atomic E-state index is -4.66. The molecule has 0 radical (unpaired) electrons. The van der Waals surface area contributed by atoms with Crippen molar-refractivity contribution in [1.29, 1.82) is 0 Å². The highest BCUT2D eigenvalue weighted by Crippen LogP contribution is 2.26. The van der Waals surface area contributed by atoms with Crippen LogP contribution in [-0.2, 0) is 10.0 Å². The molecule has 1 aromatic carbocycles.